The third-order valence-corrected chi connectivity index (χ3v) is 7.55. The minimum atomic E-state index is -6.03. The third kappa shape index (κ3) is 5.91. The number of aliphatic hydroxyl groups is 1. The Bertz CT molecular complexity index is 1430. The Morgan fingerprint density at radius 1 is 1.05 bits per heavy atom. The zero-order chi connectivity index (χ0) is 32.5. The highest BCUT2D eigenvalue weighted by molar-refractivity contribution is 6.07. The number of benzene rings is 2. The van der Waals surface area contributed by atoms with E-state index in [1.54, 1.807) is 32.0 Å². The summed E-state index contributed by atoms with van der Waals surface area (Å²) >= 11 is 0. The molecule has 14 heteroatoms. The first-order valence-corrected chi connectivity index (χ1v) is 13.9. The Kier molecular flexibility index (Phi) is 9.15. The fourth-order valence-electron chi connectivity index (χ4n) is 5.19. The van der Waals surface area contributed by atoms with Gasteiger partial charge in [-0.25, -0.2) is 4.79 Å². The Morgan fingerprint density at radius 2 is 1.73 bits per heavy atom. The van der Waals surface area contributed by atoms with Crippen molar-refractivity contribution in [3.05, 3.63) is 58.7 Å². The van der Waals surface area contributed by atoms with Crippen LogP contribution >= 0.6 is 0 Å². The highest BCUT2D eigenvalue weighted by Crippen LogP contribution is 2.51. The van der Waals surface area contributed by atoms with Crippen molar-refractivity contribution in [2.75, 3.05) is 19.9 Å². The lowest BCUT2D eigenvalue weighted by molar-refractivity contribution is -0.376. The average molecular weight is 631 g/mol. The molecule has 1 saturated heterocycles. The van der Waals surface area contributed by atoms with Gasteiger partial charge in [0.2, 0.25) is 6.79 Å². The molecule has 2 heterocycles. The summed E-state index contributed by atoms with van der Waals surface area (Å²) in [6.07, 6.45) is -8.26. The summed E-state index contributed by atoms with van der Waals surface area (Å²) < 4.78 is 98.1. The summed E-state index contributed by atoms with van der Waals surface area (Å²) in [5.74, 6) is 0.596. The molecule has 0 bridgehead atoms. The molecule has 4 rings (SSSR count). The lowest BCUT2D eigenvalue weighted by Crippen LogP contribution is -2.54. The molecule has 1 atom stereocenters. The molecule has 0 saturated carbocycles. The van der Waals surface area contributed by atoms with Gasteiger partial charge in [0.05, 0.1) is 6.61 Å². The number of alkyl halides is 6. The predicted octanol–water partition coefficient (Wildman–Crippen LogP) is 6.34. The van der Waals surface area contributed by atoms with Crippen molar-refractivity contribution >= 4 is 18.0 Å². The van der Waals surface area contributed by atoms with Crippen LogP contribution in [0.3, 0.4) is 0 Å². The van der Waals surface area contributed by atoms with Crippen LogP contribution in [0.25, 0.3) is 6.08 Å². The number of carbonyl (C=O) groups excluding carboxylic acids is 2. The van der Waals surface area contributed by atoms with Crippen LogP contribution in [-0.2, 0) is 22.4 Å². The Hall–Kier alpha value is -3.94. The molecule has 1 fully saturated rings. The zero-order valence-corrected chi connectivity index (χ0v) is 24.2. The topological polar surface area (TPSA) is 97.3 Å². The number of aryl methyl sites for hydroxylation is 1. The molecule has 8 nitrogen and oxygen atoms in total. The third-order valence-electron chi connectivity index (χ3n) is 7.55. The van der Waals surface area contributed by atoms with Crippen molar-refractivity contribution in [1.29, 1.82) is 0 Å². The maximum absolute atomic E-state index is 13.6. The van der Waals surface area contributed by atoms with Gasteiger partial charge >= 0.3 is 18.4 Å². The van der Waals surface area contributed by atoms with E-state index in [0.29, 0.717) is 48.5 Å². The molecule has 44 heavy (non-hydrogen) atoms. The largest absolute Gasteiger partial charge is 0.493 e. The molecule has 0 radical (unpaired) electrons. The molecule has 0 spiro atoms. The van der Waals surface area contributed by atoms with Crippen LogP contribution in [0, 0.1) is 0 Å². The summed E-state index contributed by atoms with van der Waals surface area (Å²) in [6, 6.07) is 5.65. The summed E-state index contributed by atoms with van der Waals surface area (Å²) in [6.45, 7) is 4.89. The van der Waals surface area contributed by atoms with Gasteiger partial charge in [0, 0.05) is 17.7 Å². The maximum Gasteiger partial charge on any atom is 0.430 e. The minimum Gasteiger partial charge on any atom is -0.493 e. The first-order chi connectivity index (χ1) is 20.6. The van der Waals surface area contributed by atoms with E-state index >= 15 is 0 Å². The lowest BCUT2D eigenvalue weighted by atomic mass is 9.88. The van der Waals surface area contributed by atoms with E-state index in [1.165, 1.54) is 19.1 Å². The van der Waals surface area contributed by atoms with Crippen LogP contribution < -0.4 is 19.5 Å². The van der Waals surface area contributed by atoms with E-state index in [0.717, 1.165) is 4.90 Å². The van der Waals surface area contributed by atoms with Crippen molar-refractivity contribution in [2.45, 2.75) is 69.9 Å². The van der Waals surface area contributed by atoms with Crippen molar-refractivity contribution in [1.82, 2.24) is 10.2 Å². The summed E-state index contributed by atoms with van der Waals surface area (Å²) in [4.78, 5) is 27.0. The summed E-state index contributed by atoms with van der Waals surface area (Å²) in [7, 11) is 0. The molecule has 2 aromatic rings. The van der Waals surface area contributed by atoms with Gasteiger partial charge < -0.3 is 24.6 Å². The van der Waals surface area contributed by atoms with Gasteiger partial charge in [0.15, 0.2) is 11.5 Å². The Morgan fingerprint density at radius 3 is 2.36 bits per heavy atom. The second-order valence-electron chi connectivity index (χ2n) is 10.6. The van der Waals surface area contributed by atoms with E-state index < -0.39 is 41.0 Å². The fourth-order valence-corrected chi connectivity index (χ4v) is 5.19. The van der Waals surface area contributed by atoms with Gasteiger partial charge in [-0.15, -0.1) is 0 Å². The quantitative estimate of drug-likeness (QED) is 0.171. The normalized spacial score (nSPS) is 18.8. The molecule has 0 aromatic heterocycles. The van der Waals surface area contributed by atoms with Gasteiger partial charge in [-0.2, -0.15) is 26.3 Å². The molecule has 240 valence electrons. The fraction of sp³-hybridized carbons (Fsp3) is 0.467. The van der Waals surface area contributed by atoms with Crippen LogP contribution in [0.4, 0.5) is 31.1 Å². The van der Waals surface area contributed by atoms with Crippen molar-refractivity contribution in [2.24, 2.45) is 0 Å². The lowest BCUT2D eigenvalue weighted by Gasteiger charge is -2.33. The average Bonchev–Trinajstić information content (AvgIpc) is 3.50. The summed E-state index contributed by atoms with van der Waals surface area (Å²) in [5, 5.41) is 12.7. The highest BCUT2D eigenvalue weighted by Gasteiger charge is 2.71. The second-order valence-corrected chi connectivity index (χ2v) is 10.6. The molecule has 2 aliphatic heterocycles. The number of urea groups is 1. The number of hydrogen-bond acceptors (Lipinski definition) is 6. The number of fused-ring (bicyclic) bond motifs is 1. The van der Waals surface area contributed by atoms with Crippen LogP contribution in [0.2, 0.25) is 0 Å². The number of unbranched alkanes of at least 4 members (excludes halogenated alkanes) is 1. The highest BCUT2D eigenvalue weighted by atomic mass is 19.4. The second kappa shape index (κ2) is 12.2. The first kappa shape index (κ1) is 33.0. The van der Waals surface area contributed by atoms with E-state index in [1.807, 2.05) is 0 Å². The zero-order valence-electron chi connectivity index (χ0n) is 24.2. The van der Waals surface area contributed by atoms with Gasteiger partial charge in [-0.3, -0.25) is 9.69 Å². The molecule has 3 amide bonds. The number of ether oxygens (including phenoxy) is 3. The minimum absolute atomic E-state index is 0.00744. The number of hydrogen-bond donors (Lipinski definition) is 2. The number of imide groups is 1. The number of nitrogens with zero attached hydrogens (tertiary/aromatic N) is 1. The number of amides is 3. The monoisotopic (exact) mass is 630 g/mol. The van der Waals surface area contributed by atoms with Crippen LogP contribution in [0.15, 0.2) is 36.4 Å². The van der Waals surface area contributed by atoms with Crippen molar-refractivity contribution in [3.63, 3.8) is 0 Å². The molecular weight excluding hydrogens is 598 g/mol. The molecule has 2 aliphatic rings. The van der Waals surface area contributed by atoms with E-state index in [9.17, 15) is 41.0 Å². The SMILES string of the molecule is C/C=C/c1cc(C(O)(C(F)(F)F)C(F)(F)F)cc(CCC)c1OCCCCN1C(=O)NC(C)(c2ccc3c(c2)OCO3)C1=O. The number of nitrogens with one attached hydrogen (secondary N) is 1. The van der Waals surface area contributed by atoms with Crippen LogP contribution in [0.1, 0.15) is 62.3 Å². The van der Waals surface area contributed by atoms with Crippen molar-refractivity contribution < 1.29 is 55.2 Å². The standard InChI is InChI=1S/C30H32F6N2O6/c1-4-8-18-14-21(28(41,29(31,32)33)30(34,35)36)15-19(9-5-2)24(18)42-13-7-6-12-38-25(39)27(3,37-26(38)40)20-10-11-22-23(16-20)44-17-43-22/h4,8,10-11,14-16,41H,5-7,9,12-13,17H2,1-3H3,(H,37,40)/b8-4+. The maximum atomic E-state index is 13.6. The number of carbonyl (C=O) groups is 2. The van der Waals surface area contributed by atoms with Gasteiger partial charge in [-0.05, 0) is 68.5 Å². The van der Waals surface area contributed by atoms with Gasteiger partial charge in [0.1, 0.15) is 11.3 Å². The van der Waals surface area contributed by atoms with E-state index in [4.69, 9.17) is 14.2 Å². The Balaban J connectivity index is 1.47. The summed E-state index contributed by atoms with van der Waals surface area (Å²) in [5.41, 5.74) is -7.24. The van der Waals surface area contributed by atoms with Crippen molar-refractivity contribution in [3.8, 4) is 17.2 Å². The first-order valence-electron chi connectivity index (χ1n) is 13.9. The van der Waals surface area contributed by atoms with Gasteiger partial charge in [0.25, 0.3) is 11.5 Å². The number of rotatable bonds is 11. The molecule has 1 unspecified atom stereocenters. The predicted molar refractivity (Wildman–Crippen MR) is 146 cm³/mol. The number of allylic oxidation sites excluding steroid dienone is 1. The van der Waals surface area contributed by atoms with E-state index in [2.05, 4.69) is 5.32 Å². The molecular formula is C30H32F6N2O6. The van der Waals surface area contributed by atoms with E-state index in [-0.39, 0.29) is 43.2 Å². The smallest absolute Gasteiger partial charge is 0.430 e. The Labute approximate surface area is 249 Å². The molecule has 0 aliphatic carbocycles. The van der Waals surface area contributed by atoms with Crippen LogP contribution in [-0.4, -0.2) is 54.2 Å². The van der Waals surface area contributed by atoms with Gasteiger partial charge in [-0.1, -0.05) is 31.6 Å². The molecule has 2 N–H and O–H groups in total. The van der Waals surface area contributed by atoms with Crippen LogP contribution in [0.5, 0.6) is 17.2 Å². The number of halogens is 6. The molecule has 2 aromatic carbocycles.